The van der Waals surface area contributed by atoms with E-state index in [1.807, 2.05) is 48.7 Å². The lowest BCUT2D eigenvalue weighted by molar-refractivity contribution is 0.654. The minimum Gasteiger partial charge on any atom is -0.456 e. The number of para-hydroxylation sites is 2. The number of hydrogen-bond acceptors (Lipinski definition) is 5. The van der Waals surface area contributed by atoms with Gasteiger partial charge in [-0.3, -0.25) is 4.90 Å². The summed E-state index contributed by atoms with van der Waals surface area (Å²) in [6.45, 7) is 0. The molecule has 0 atom stereocenters. The predicted octanol–water partition coefficient (Wildman–Crippen LogP) is 8.90. The van der Waals surface area contributed by atoms with Crippen LogP contribution in [0.3, 0.4) is 0 Å². The van der Waals surface area contributed by atoms with Gasteiger partial charge < -0.3 is 8.83 Å². The van der Waals surface area contributed by atoms with Gasteiger partial charge in [0.15, 0.2) is 0 Å². The smallest absolute Gasteiger partial charge is 0.227 e. The van der Waals surface area contributed by atoms with E-state index < -0.39 is 0 Å². The SMILES string of the molecule is c1ccc2cc(N(c3cnc4oc5ccccc5c4c3)c3nccc4oc5ccccc5c34)ccc2c1. The maximum Gasteiger partial charge on any atom is 0.227 e. The summed E-state index contributed by atoms with van der Waals surface area (Å²) in [6.07, 6.45) is 3.65. The van der Waals surface area contributed by atoms with Crippen molar-refractivity contribution >= 4 is 72.0 Å². The minimum atomic E-state index is 0.614. The average molecular weight is 478 g/mol. The fraction of sp³-hybridized carbons (Fsp3) is 0. The average Bonchev–Trinajstić information content (AvgIpc) is 3.52. The van der Waals surface area contributed by atoms with Gasteiger partial charge in [-0.25, -0.2) is 9.97 Å². The molecule has 4 heterocycles. The van der Waals surface area contributed by atoms with E-state index in [9.17, 15) is 0 Å². The van der Waals surface area contributed by atoms with Crippen LogP contribution in [0, 0.1) is 0 Å². The molecule has 4 aromatic heterocycles. The van der Waals surface area contributed by atoms with E-state index in [2.05, 4.69) is 65.6 Å². The Hall–Kier alpha value is -5.16. The van der Waals surface area contributed by atoms with Crippen LogP contribution in [-0.2, 0) is 0 Å². The Bertz CT molecular complexity index is 2120. The number of furan rings is 2. The van der Waals surface area contributed by atoms with E-state index >= 15 is 0 Å². The summed E-state index contributed by atoms with van der Waals surface area (Å²) in [5, 5.41) is 6.31. The normalized spacial score (nSPS) is 11.8. The monoisotopic (exact) mass is 477 g/mol. The molecular weight excluding hydrogens is 458 g/mol. The molecule has 0 unspecified atom stereocenters. The van der Waals surface area contributed by atoms with Gasteiger partial charge in [0.25, 0.3) is 0 Å². The van der Waals surface area contributed by atoms with Crippen LogP contribution in [0.2, 0.25) is 0 Å². The Kier molecular flexibility index (Phi) is 4.16. The highest BCUT2D eigenvalue weighted by Gasteiger charge is 2.22. The van der Waals surface area contributed by atoms with Crippen LogP contribution in [0.15, 0.2) is 124 Å². The summed E-state index contributed by atoms with van der Waals surface area (Å²) in [6, 6.07) is 35.0. The molecule has 0 N–H and O–H groups in total. The van der Waals surface area contributed by atoms with Crippen LogP contribution in [-0.4, -0.2) is 9.97 Å². The van der Waals surface area contributed by atoms with Crippen molar-refractivity contribution in [1.82, 2.24) is 9.97 Å². The standard InChI is InChI=1S/C32H19N3O2/c1-2-8-21-17-22(14-13-20(21)7-1)35(23-18-26-24-9-3-5-11-27(24)37-32(26)34-19-23)31-30-25-10-4-6-12-28(25)36-29(30)15-16-33-31/h1-19H. The molecule has 5 nitrogen and oxygen atoms in total. The van der Waals surface area contributed by atoms with Gasteiger partial charge in [-0.1, -0.05) is 66.7 Å². The lowest BCUT2D eigenvalue weighted by Crippen LogP contribution is -2.12. The molecule has 0 aliphatic carbocycles. The number of nitrogens with zero attached hydrogens (tertiary/aromatic N) is 3. The maximum atomic E-state index is 6.20. The van der Waals surface area contributed by atoms with E-state index in [1.165, 1.54) is 5.39 Å². The quantitative estimate of drug-likeness (QED) is 0.254. The third kappa shape index (κ3) is 3.04. The van der Waals surface area contributed by atoms with Crippen molar-refractivity contribution in [3.8, 4) is 0 Å². The minimum absolute atomic E-state index is 0.614. The van der Waals surface area contributed by atoms with Crippen LogP contribution in [0.1, 0.15) is 0 Å². The number of fused-ring (bicyclic) bond motifs is 7. The van der Waals surface area contributed by atoms with Crippen molar-refractivity contribution < 1.29 is 8.83 Å². The zero-order valence-electron chi connectivity index (χ0n) is 19.6. The number of aromatic nitrogens is 2. The van der Waals surface area contributed by atoms with Crippen molar-refractivity contribution in [2.45, 2.75) is 0 Å². The molecule has 4 aromatic carbocycles. The highest BCUT2D eigenvalue weighted by Crippen LogP contribution is 2.43. The molecule has 8 aromatic rings. The second-order valence-electron chi connectivity index (χ2n) is 9.12. The van der Waals surface area contributed by atoms with Crippen molar-refractivity contribution in [2.75, 3.05) is 4.90 Å². The molecule has 0 bridgehead atoms. The van der Waals surface area contributed by atoms with E-state index in [-0.39, 0.29) is 0 Å². The first-order valence-electron chi connectivity index (χ1n) is 12.2. The maximum absolute atomic E-state index is 6.20. The van der Waals surface area contributed by atoms with Crippen molar-refractivity contribution in [3.05, 3.63) is 116 Å². The topological polar surface area (TPSA) is 55.3 Å². The molecule has 0 spiro atoms. The van der Waals surface area contributed by atoms with E-state index in [1.54, 1.807) is 6.20 Å². The summed E-state index contributed by atoms with van der Waals surface area (Å²) >= 11 is 0. The first-order chi connectivity index (χ1) is 18.3. The summed E-state index contributed by atoms with van der Waals surface area (Å²) in [5.41, 5.74) is 4.93. The van der Waals surface area contributed by atoms with Gasteiger partial charge in [-0.15, -0.1) is 0 Å². The number of pyridine rings is 2. The van der Waals surface area contributed by atoms with E-state index in [4.69, 9.17) is 18.8 Å². The zero-order chi connectivity index (χ0) is 24.3. The van der Waals surface area contributed by atoms with Crippen LogP contribution in [0.4, 0.5) is 17.2 Å². The van der Waals surface area contributed by atoms with Gasteiger partial charge in [-0.05, 0) is 47.2 Å². The number of benzene rings is 4. The van der Waals surface area contributed by atoms with Crippen LogP contribution < -0.4 is 4.90 Å². The Morgan fingerprint density at radius 1 is 0.541 bits per heavy atom. The van der Waals surface area contributed by atoms with Crippen LogP contribution >= 0.6 is 0 Å². The molecule has 0 radical (unpaired) electrons. The molecule has 0 amide bonds. The largest absolute Gasteiger partial charge is 0.456 e. The van der Waals surface area contributed by atoms with Crippen molar-refractivity contribution in [1.29, 1.82) is 0 Å². The molecule has 0 aliphatic heterocycles. The van der Waals surface area contributed by atoms with E-state index in [0.29, 0.717) is 5.71 Å². The molecule has 174 valence electrons. The van der Waals surface area contributed by atoms with Crippen LogP contribution in [0.5, 0.6) is 0 Å². The molecule has 0 saturated heterocycles. The molecular formula is C32H19N3O2. The number of hydrogen-bond donors (Lipinski definition) is 0. The molecule has 0 fully saturated rings. The molecule has 0 aliphatic rings. The fourth-order valence-corrected chi connectivity index (χ4v) is 5.25. The van der Waals surface area contributed by atoms with Gasteiger partial charge in [-0.2, -0.15) is 0 Å². The number of rotatable bonds is 3. The van der Waals surface area contributed by atoms with Gasteiger partial charge in [0.05, 0.1) is 22.7 Å². The van der Waals surface area contributed by atoms with Gasteiger partial charge in [0, 0.05) is 22.7 Å². The summed E-state index contributed by atoms with van der Waals surface area (Å²) < 4.78 is 12.2. The molecule has 37 heavy (non-hydrogen) atoms. The van der Waals surface area contributed by atoms with Crippen molar-refractivity contribution in [3.63, 3.8) is 0 Å². The Morgan fingerprint density at radius 3 is 2.19 bits per heavy atom. The summed E-state index contributed by atoms with van der Waals surface area (Å²) in [7, 11) is 0. The first-order valence-corrected chi connectivity index (χ1v) is 12.2. The van der Waals surface area contributed by atoms with E-state index in [0.717, 1.165) is 60.9 Å². The van der Waals surface area contributed by atoms with Gasteiger partial charge in [0.1, 0.15) is 22.6 Å². The second-order valence-corrected chi connectivity index (χ2v) is 9.12. The molecule has 5 heteroatoms. The predicted molar refractivity (Wildman–Crippen MR) is 149 cm³/mol. The molecule has 0 saturated carbocycles. The highest BCUT2D eigenvalue weighted by molar-refractivity contribution is 6.13. The molecule has 8 rings (SSSR count). The van der Waals surface area contributed by atoms with Crippen LogP contribution in [0.25, 0.3) is 54.8 Å². The summed E-state index contributed by atoms with van der Waals surface area (Å²) in [4.78, 5) is 11.8. The Labute approximate surface area is 211 Å². The fourth-order valence-electron chi connectivity index (χ4n) is 5.25. The highest BCUT2D eigenvalue weighted by atomic mass is 16.3. The first kappa shape index (κ1) is 20.1. The Morgan fingerprint density at radius 2 is 1.30 bits per heavy atom. The second kappa shape index (κ2) is 7.67. The third-order valence-corrected chi connectivity index (χ3v) is 6.95. The summed E-state index contributed by atoms with van der Waals surface area (Å²) in [5.74, 6) is 0.784. The van der Waals surface area contributed by atoms with Crippen molar-refractivity contribution in [2.24, 2.45) is 0 Å². The Balaban J connectivity index is 1.45. The van der Waals surface area contributed by atoms with Gasteiger partial charge >= 0.3 is 0 Å². The zero-order valence-corrected chi connectivity index (χ0v) is 19.6. The number of anilines is 3. The third-order valence-electron chi connectivity index (χ3n) is 6.95. The lowest BCUT2D eigenvalue weighted by Gasteiger charge is -2.25. The van der Waals surface area contributed by atoms with Gasteiger partial charge in [0.2, 0.25) is 5.71 Å². The lowest BCUT2D eigenvalue weighted by atomic mass is 10.1.